The van der Waals surface area contributed by atoms with Gasteiger partial charge in [0.2, 0.25) is 15.9 Å². The van der Waals surface area contributed by atoms with E-state index < -0.39 is 26.8 Å². The number of rotatable bonds is 3. The molecule has 0 radical (unpaired) electrons. The van der Waals surface area contributed by atoms with Gasteiger partial charge >= 0.3 is 0 Å². The molecule has 8 rings (SSSR count). The highest BCUT2D eigenvalue weighted by atomic mass is 35.5. The second kappa shape index (κ2) is 15.3. The molecule has 55 heavy (non-hydrogen) atoms. The highest BCUT2D eigenvalue weighted by molar-refractivity contribution is 7.90. The third-order valence-corrected chi connectivity index (χ3v) is 16.0. The number of nitrogens with one attached hydrogen (secondary N) is 1. The molecule has 2 aromatic rings. The number of nitrogens with zero attached hydrogens (tertiary/aromatic N) is 3. The fourth-order valence-electron chi connectivity index (χ4n) is 10.2. The molecule has 0 unspecified atom stereocenters. The molecule has 13 heteroatoms. The lowest BCUT2D eigenvalue weighted by molar-refractivity contribution is -0.147. The van der Waals surface area contributed by atoms with Crippen molar-refractivity contribution in [3.63, 3.8) is 0 Å². The molecule has 298 valence electrons. The van der Waals surface area contributed by atoms with Gasteiger partial charge in [0.25, 0.3) is 5.91 Å². The van der Waals surface area contributed by atoms with Gasteiger partial charge in [-0.15, -0.1) is 0 Å². The molecule has 4 aliphatic heterocycles. The van der Waals surface area contributed by atoms with E-state index in [0.29, 0.717) is 51.6 Å². The van der Waals surface area contributed by atoms with E-state index >= 15 is 0 Å². The van der Waals surface area contributed by atoms with E-state index in [9.17, 15) is 18.0 Å². The average Bonchev–Trinajstić information content (AvgIpc) is 3.31. The number of morpholine rings is 1. The summed E-state index contributed by atoms with van der Waals surface area (Å²) in [5.74, 6) is -0.0154. The first-order chi connectivity index (χ1) is 26.4. The van der Waals surface area contributed by atoms with Crippen LogP contribution in [0.25, 0.3) is 0 Å². The summed E-state index contributed by atoms with van der Waals surface area (Å²) in [7, 11) is -2.31. The summed E-state index contributed by atoms with van der Waals surface area (Å²) in [5, 5.41) is -0.129. The van der Waals surface area contributed by atoms with Crippen molar-refractivity contribution in [2.24, 2.45) is 17.8 Å². The van der Waals surface area contributed by atoms with Crippen LogP contribution in [-0.4, -0.2) is 113 Å². The van der Waals surface area contributed by atoms with E-state index in [1.165, 1.54) is 11.1 Å². The number of sulfonamides is 1. The Morgan fingerprint density at radius 2 is 1.95 bits per heavy atom. The van der Waals surface area contributed by atoms with E-state index in [1.54, 1.807) is 32.2 Å². The molecule has 0 aromatic heterocycles. The summed E-state index contributed by atoms with van der Waals surface area (Å²) in [5.41, 5.74) is 2.30. The van der Waals surface area contributed by atoms with Gasteiger partial charge in [0.15, 0.2) is 0 Å². The number of ether oxygens (including phenoxy) is 3. The van der Waals surface area contributed by atoms with Gasteiger partial charge in [-0.2, -0.15) is 0 Å². The Morgan fingerprint density at radius 3 is 2.75 bits per heavy atom. The summed E-state index contributed by atoms with van der Waals surface area (Å²) in [6, 6.07) is 11.6. The van der Waals surface area contributed by atoms with Crippen LogP contribution in [0.5, 0.6) is 5.75 Å². The van der Waals surface area contributed by atoms with Gasteiger partial charge in [-0.3, -0.25) is 14.5 Å². The standard InChI is InChI=1S/C42H55ClN4O7S/c1-28-6-4-15-42(52-3,22-39(48)46-17-16-45-18-19-53-25-34(45)24-46)36-11-8-32(36)23-47-26-41(14-5-7-30-20-33(43)10-12-35(30)41)27-54-38-13-9-31(21-37(38)47)40(49)44-55(50,51)29(28)2/h4,9-10,12-13,15,20-21,28-29,32,34,36H,5-8,11,14,16-19,22-27H2,1-3H3,(H,44,49)/b15-4-/t28-,29+,32-,34+,36+,41-,42+/m0/s1. The number of carbonyl (C=O) groups excluding carboxylic acids is 2. The molecule has 1 spiro atoms. The number of hydrogen-bond donors (Lipinski definition) is 1. The fourth-order valence-corrected chi connectivity index (χ4v) is 11.6. The van der Waals surface area contributed by atoms with Crippen LogP contribution in [-0.2, 0) is 36.1 Å². The number of halogens is 1. The van der Waals surface area contributed by atoms with E-state index in [-0.39, 0.29) is 47.1 Å². The molecule has 7 atom stereocenters. The molecular formula is C42H55ClN4O7S. The Balaban J connectivity index is 1.17. The van der Waals surface area contributed by atoms with E-state index in [1.807, 2.05) is 24.0 Å². The van der Waals surface area contributed by atoms with Gasteiger partial charge in [0.1, 0.15) is 5.75 Å². The quantitative estimate of drug-likeness (QED) is 0.419. The average molecular weight is 795 g/mol. The van der Waals surface area contributed by atoms with Gasteiger partial charge in [-0.1, -0.05) is 36.7 Å². The second-order valence-corrected chi connectivity index (χ2v) is 19.4. The predicted molar refractivity (Wildman–Crippen MR) is 212 cm³/mol. The minimum atomic E-state index is -4.02. The molecule has 1 saturated carbocycles. The molecule has 11 nitrogen and oxygen atoms in total. The van der Waals surface area contributed by atoms with Crippen LogP contribution in [0, 0.1) is 17.8 Å². The fraction of sp³-hybridized carbons (Fsp3) is 0.619. The SMILES string of the molecule is CO[C@@]1(CC(=O)N2CCN3CCOC[C@H]3C2)/C=C\C[C@H](C)[C@@H](C)S(=O)(=O)NC(=O)c2ccc3c(c2)N(C[C@@H]2CC[C@H]21)C[C@@]1(CCCc2cc(Cl)ccc21)CO3. The summed E-state index contributed by atoms with van der Waals surface area (Å²) in [6.07, 6.45) is 9.45. The van der Waals surface area contributed by atoms with E-state index in [2.05, 4.69) is 32.7 Å². The number of fused-ring (bicyclic) bond motifs is 5. The zero-order valence-electron chi connectivity index (χ0n) is 32.3. The zero-order chi connectivity index (χ0) is 38.5. The third kappa shape index (κ3) is 7.42. The minimum Gasteiger partial charge on any atom is -0.490 e. The van der Waals surface area contributed by atoms with Crippen molar-refractivity contribution in [1.82, 2.24) is 14.5 Å². The molecule has 2 aliphatic carbocycles. The third-order valence-electron chi connectivity index (χ3n) is 13.8. The van der Waals surface area contributed by atoms with E-state index in [0.717, 1.165) is 62.5 Å². The molecule has 2 amide bonds. The molecule has 3 fully saturated rings. The molecule has 1 N–H and O–H groups in total. The number of hydrogen-bond acceptors (Lipinski definition) is 9. The number of allylic oxidation sites excluding steroid dienone is 1. The summed E-state index contributed by atoms with van der Waals surface area (Å²) >= 11 is 6.50. The Hall–Kier alpha value is -3.16. The second-order valence-electron chi connectivity index (χ2n) is 17.0. The summed E-state index contributed by atoms with van der Waals surface area (Å²) < 4.78 is 48.6. The van der Waals surface area contributed by atoms with Crippen LogP contribution in [0.4, 0.5) is 5.69 Å². The number of anilines is 1. The van der Waals surface area contributed by atoms with Crippen molar-refractivity contribution in [1.29, 1.82) is 0 Å². The summed E-state index contributed by atoms with van der Waals surface area (Å²) in [6.45, 7) is 9.69. The number of amides is 2. The highest BCUT2D eigenvalue weighted by Gasteiger charge is 2.51. The maximum atomic E-state index is 14.3. The Bertz CT molecular complexity index is 1940. The number of piperazine rings is 1. The van der Waals surface area contributed by atoms with Crippen molar-refractivity contribution < 1.29 is 32.2 Å². The van der Waals surface area contributed by atoms with Crippen LogP contribution >= 0.6 is 11.6 Å². The van der Waals surface area contributed by atoms with Crippen molar-refractivity contribution in [3.8, 4) is 5.75 Å². The van der Waals surface area contributed by atoms with Crippen molar-refractivity contribution in [2.45, 2.75) is 81.1 Å². The van der Waals surface area contributed by atoms with Gasteiger partial charge in [-0.05, 0) is 105 Å². The number of benzene rings is 2. The zero-order valence-corrected chi connectivity index (χ0v) is 33.9. The maximum Gasteiger partial charge on any atom is 0.264 e. The van der Waals surface area contributed by atoms with Gasteiger partial charge < -0.3 is 24.0 Å². The maximum absolute atomic E-state index is 14.3. The molecule has 4 heterocycles. The molecular weight excluding hydrogens is 740 g/mol. The summed E-state index contributed by atoms with van der Waals surface area (Å²) in [4.78, 5) is 34.8. The molecule has 6 aliphatic rings. The molecule has 2 saturated heterocycles. The van der Waals surface area contributed by atoms with Crippen LogP contribution < -0.4 is 14.4 Å². The van der Waals surface area contributed by atoms with Gasteiger partial charge in [0, 0.05) is 62.4 Å². The number of aryl methyl sites for hydroxylation is 1. The van der Waals surface area contributed by atoms with Crippen LogP contribution in [0.1, 0.15) is 73.9 Å². The monoisotopic (exact) mass is 794 g/mol. The predicted octanol–water partition coefficient (Wildman–Crippen LogP) is 5.20. The first-order valence-electron chi connectivity index (χ1n) is 20.1. The van der Waals surface area contributed by atoms with Crippen molar-refractivity contribution in [2.75, 3.05) is 71.1 Å². The topological polar surface area (TPSA) is 118 Å². The normalized spacial score (nSPS) is 34.2. The van der Waals surface area contributed by atoms with Gasteiger partial charge in [-0.25, -0.2) is 13.1 Å². The number of carbonyl (C=O) groups is 2. The first-order valence-corrected chi connectivity index (χ1v) is 22.0. The minimum absolute atomic E-state index is 0.0360. The van der Waals surface area contributed by atoms with Crippen molar-refractivity contribution in [3.05, 3.63) is 70.3 Å². The lowest BCUT2D eigenvalue weighted by atomic mass is 9.62. The Kier molecular flexibility index (Phi) is 10.8. The Labute approximate surface area is 330 Å². The largest absolute Gasteiger partial charge is 0.490 e. The molecule has 2 bridgehead atoms. The van der Waals surface area contributed by atoms with Crippen molar-refractivity contribution >= 4 is 39.1 Å². The Morgan fingerprint density at radius 1 is 1.09 bits per heavy atom. The smallest absolute Gasteiger partial charge is 0.264 e. The number of methoxy groups -OCH3 is 1. The van der Waals surface area contributed by atoms with Crippen LogP contribution in [0.15, 0.2) is 48.6 Å². The first kappa shape index (κ1) is 38.7. The van der Waals surface area contributed by atoms with Crippen LogP contribution in [0.2, 0.25) is 5.02 Å². The lowest BCUT2D eigenvalue weighted by Crippen LogP contribution is -2.60. The lowest BCUT2D eigenvalue weighted by Gasteiger charge is -2.51. The van der Waals surface area contributed by atoms with Crippen LogP contribution in [0.3, 0.4) is 0 Å². The highest BCUT2D eigenvalue weighted by Crippen LogP contribution is 2.50. The molecule has 2 aromatic carbocycles. The van der Waals surface area contributed by atoms with E-state index in [4.69, 9.17) is 25.8 Å². The van der Waals surface area contributed by atoms with Gasteiger partial charge in [0.05, 0.1) is 48.8 Å².